The average Bonchev–Trinajstić information content (AvgIpc) is 2.38. The molecular formula is C13H22N4O2. The van der Waals surface area contributed by atoms with Gasteiger partial charge in [0.25, 0.3) is 0 Å². The van der Waals surface area contributed by atoms with E-state index in [-0.39, 0.29) is 5.56 Å². The molecule has 0 aliphatic heterocycles. The van der Waals surface area contributed by atoms with Crippen molar-refractivity contribution in [3.8, 4) is 0 Å². The summed E-state index contributed by atoms with van der Waals surface area (Å²) in [5.41, 5.74) is 0.689. The highest BCUT2D eigenvalue weighted by Gasteiger charge is 2.10. The molecular weight excluding hydrogens is 244 g/mol. The van der Waals surface area contributed by atoms with Gasteiger partial charge in [0.1, 0.15) is 11.9 Å². The summed E-state index contributed by atoms with van der Waals surface area (Å²) >= 11 is 0. The van der Waals surface area contributed by atoms with Gasteiger partial charge in [-0.05, 0) is 40.4 Å². The Morgan fingerprint density at radius 3 is 2.89 bits per heavy atom. The minimum Gasteiger partial charge on any atom is -0.478 e. The van der Waals surface area contributed by atoms with Crippen molar-refractivity contribution in [2.45, 2.75) is 32.9 Å². The van der Waals surface area contributed by atoms with Crippen molar-refractivity contribution >= 4 is 5.97 Å². The number of hydrogen-bond donors (Lipinski definition) is 2. The highest BCUT2D eigenvalue weighted by atomic mass is 16.4. The van der Waals surface area contributed by atoms with Crippen molar-refractivity contribution in [2.75, 3.05) is 20.1 Å². The first-order valence-electron chi connectivity index (χ1n) is 6.45. The lowest BCUT2D eigenvalue weighted by Gasteiger charge is -2.20. The van der Waals surface area contributed by atoms with Gasteiger partial charge in [0.2, 0.25) is 0 Å². The zero-order valence-electron chi connectivity index (χ0n) is 11.8. The summed E-state index contributed by atoms with van der Waals surface area (Å²) in [5.74, 6) is -0.989. The first-order chi connectivity index (χ1) is 9.02. The fraction of sp³-hybridized carbons (Fsp3) is 0.615. The standard InChI is InChI=1S/C13H22N4O2/c1-10(2)17(3)6-4-5-14-8-12-11(13(18)19)7-15-9-16-12/h7,9-10,14H,4-6,8H2,1-3H3,(H,18,19). The Labute approximate surface area is 113 Å². The van der Waals surface area contributed by atoms with Crippen molar-refractivity contribution < 1.29 is 9.90 Å². The normalized spacial score (nSPS) is 11.2. The van der Waals surface area contributed by atoms with E-state index < -0.39 is 5.97 Å². The third kappa shape index (κ3) is 5.32. The Morgan fingerprint density at radius 2 is 2.26 bits per heavy atom. The maximum absolute atomic E-state index is 11.0. The number of nitrogens with one attached hydrogen (secondary N) is 1. The van der Waals surface area contributed by atoms with Crippen molar-refractivity contribution in [3.63, 3.8) is 0 Å². The van der Waals surface area contributed by atoms with Crippen LogP contribution >= 0.6 is 0 Å². The van der Waals surface area contributed by atoms with Crippen LogP contribution in [0.4, 0.5) is 0 Å². The SMILES string of the molecule is CC(C)N(C)CCCNCc1ncncc1C(=O)O. The Balaban J connectivity index is 2.32. The molecule has 0 spiro atoms. The summed E-state index contributed by atoms with van der Waals surface area (Å²) in [5, 5.41) is 12.2. The van der Waals surface area contributed by atoms with Crippen LogP contribution in [0.25, 0.3) is 0 Å². The van der Waals surface area contributed by atoms with Gasteiger partial charge in [-0.25, -0.2) is 14.8 Å². The third-order valence-corrected chi connectivity index (χ3v) is 3.06. The predicted molar refractivity (Wildman–Crippen MR) is 73.1 cm³/mol. The molecule has 0 amide bonds. The van der Waals surface area contributed by atoms with Crippen molar-refractivity contribution in [3.05, 3.63) is 23.8 Å². The van der Waals surface area contributed by atoms with Crippen molar-refractivity contribution in [1.29, 1.82) is 0 Å². The van der Waals surface area contributed by atoms with E-state index in [9.17, 15) is 4.79 Å². The van der Waals surface area contributed by atoms with Crippen LogP contribution in [0.15, 0.2) is 12.5 Å². The molecule has 1 aromatic heterocycles. The first-order valence-corrected chi connectivity index (χ1v) is 6.45. The summed E-state index contributed by atoms with van der Waals surface area (Å²) in [7, 11) is 2.09. The van der Waals surface area contributed by atoms with Crippen molar-refractivity contribution in [2.24, 2.45) is 0 Å². The number of carboxylic acid groups (broad SMARTS) is 1. The molecule has 0 saturated carbocycles. The van der Waals surface area contributed by atoms with Crippen LogP contribution in [0, 0.1) is 0 Å². The molecule has 0 aromatic carbocycles. The lowest BCUT2D eigenvalue weighted by atomic mass is 10.2. The van der Waals surface area contributed by atoms with Gasteiger partial charge in [-0.1, -0.05) is 0 Å². The van der Waals surface area contributed by atoms with E-state index in [0.717, 1.165) is 19.5 Å². The highest BCUT2D eigenvalue weighted by molar-refractivity contribution is 5.88. The van der Waals surface area contributed by atoms with Gasteiger partial charge < -0.3 is 15.3 Å². The van der Waals surface area contributed by atoms with Crippen LogP contribution in [0.5, 0.6) is 0 Å². The zero-order chi connectivity index (χ0) is 14.3. The number of nitrogens with zero attached hydrogens (tertiary/aromatic N) is 3. The molecule has 6 heteroatoms. The first kappa shape index (κ1) is 15.5. The third-order valence-electron chi connectivity index (χ3n) is 3.06. The second-order valence-electron chi connectivity index (χ2n) is 4.79. The molecule has 0 radical (unpaired) electrons. The molecule has 2 N–H and O–H groups in total. The van der Waals surface area contributed by atoms with Crippen molar-refractivity contribution in [1.82, 2.24) is 20.2 Å². The molecule has 0 aliphatic rings. The lowest BCUT2D eigenvalue weighted by Crippen LogP contribution is -2.29. The van der Waals surface area contributed by atoms with Gasteiger partial charge >= 0.3 is 5.97 Å². The molecule has 1 rings (SSSR count). The number of aromatic carboxylic acids is 1. The minimum atomic E-state index is -0.989. The van der Waals surface area contributed by atoms with E-state index in [1.807, 2.05) is 0 Å². The molecule has 0 fully saturated rings. The highest BCUT2D eigenvalue weighted by Crippen LogP contribution is 2.03. The Kier molecular flexibility index (Phi) is 6.38. The molecule has 0 bridgehead atoms. The largest absolute Gasteiger partial charge is 0.478 e. The number of hydrogen-bond acceptors (Lipinski definition) is 5. The predicted octanol–water partition coefficient (Wildman–Crippen LogP) is 0.995. The van der Waals surface area contributed by atoms with Gasteiger partial charge in [-0.3, -0.25) is 0 Å². The molecule has 0 unspecified atom stereocenters. The molecule has 1 heterocycles. The molecule has 19 heavy (non-hydrogen) atoms. The van der Waals surface area contributed by atoms with E-state index >= 15 is 0 Å². The second kappa shape index (κ2) is 7.81. The van der Waals surface area contributed by atoms with Crippen LogP contribution in [-0.4, -0.2) is 52.1 Å². The molecule has 6 nitrogen and oxygen atoms in total. The van der Waals surface area contributed by atoms with E-state index in [4.69, 9.17) is 5.11 Å². The maximum atomic E-state index is 11.0. The molecule has 0 saturated heterocycles. The second-order valence-corrected chi connectivity index (χ2v) is 4.79. The number of carbonyl (C=O) groups is 1. The lowest BCUT2D eigenvalue weighted by molar-refractivity contribution is 0.0694. The van der Waals surface area contributed by atoms with Crippen LogP contribution in [0.1, 0.15) is 36.3 Å². The smallest absolute Gasteiger partial charge is 0.339 e. The fourth-order valence-electron chi connectivity index (χ4n) is 1.59. The quantitative estimate of drug-likeness (QED) is 0.683. The van der Waals surface area contributed by atoms with E-state index in [0.29, 0.717) is 18.3 Å². The van der Waals surface area contributed by atoms with Gasteiger partial charge in [0, 0.05) is 18.8 Å². The Hall–Kier alpha value is -1.53. The summed E-state index contributed by atoms with van der Waals surface area (Å²) in [6, 6.07) is 0.542. The topological polar surface area (TPSA) is 78.3 Å². The van der Waals surface area contributed by atoms with E-state index in [1.165, 1.54) is 12.5 Å². The van der Waals surface area contributed by atoms with E-state index in [1.54, 1.807) is 0 Å². The van der Waals surface area contributed by atoms with Gasteiger partial charge in [-0.2, -0.15) is 0 Å². The molecule has 0 aliphatic carbocycles. The minimum absolute atomic E-state index is 0.161. The Bertz CT molecular complexity index is 409. The fourth-order valence-corrected chi connectivity index (χ4v) is 1.59. The summed E-state index contributed by atoms with van der Waals surface area (Å²) < 4.78 is 0. The monoisotopic (exact) mass is 266 g/mol. The number of rotatable bonds is 8. The summed E-state index contributed by atoms with van der Waals surface area (Å²) in [4.78, 5) is 21.0. The van der Waals surface area contributed by atoms with Crippen LogP contribution in [0.3, 0.4) is 0 Å². The molecule has 106 valence electrons. The van der Waals surface area contributed by atoms with E-state index in [2.05, 4.69) is 41.1 Å². The Morgan fingerprint density at radius 1 is 1.53 bits per heavy atom. The van der Waals surface area contributed by atoms with Crippen LogP contribution in [0.2, 0.25) is 0 Å². The average molecular weight is 266 g/mol. The maximum Gasteiger partial charge on any atom is 0.339 e. The molecule has 0 atom stereocenters. The molecule has 1 aromatic rings. The van der Waals surface area contributed by atoms with Gasteiger partial charge in [0.05, 0.1) is 5.69 Å². The van der Waals surface area contributed by atoms with Crippen LogP contribution < -0.4 is 5.32 Å². The number of carboxylic acids is 1. The van der Waals surface area contributed by atoms with Crippen LogP contribution in [-0.2, 0) is 6.54 Å². The van der Waals surface area contributed by atoms with Gasteiger partial charge in [0.15, 0.2) is 0 Å². The summed E-state index contributed by atoms with van der Waals surface area (Å²) in [6.45, 7) is 6.62. The zero-order valence-corrected chi connectivity index (χ0v) is 11.8. The summed E-state index contributed by atoms with van der Waals surface area (Å²) in [6.07, 6.45) is 3.72. The van der Waals surface area contributed by atoms with Gasteiger partial charge in [-0.15, -0.1) is 0 Å². The number of aromatic nitrogens is 2.